The van der Waals surface area contributed by atoms with Crippen molar-refractivity contribution in [3.8, 4) is 0 Å². The van der Waals surface area contributed by atoms with E-state index < -0.39 is 35.3 Å². The van der Waals surface area contributed by atoms with Crippen LogP contribution in [0, 0.1) is 0 Å². The van der Waals surface area contributed by atoms with Gasteiger partial charge in [-0.2, -0.15) is 0 Å². The van der Waals surface area contributed by atoms with Crippen LogP contribution in [0.25, 0.3) is 0 Å². The molecule has 6 rings (SSSR count). The molecular formula is C32H42ClN5O7. The van der Waals surface area contributed by atoms with E-state index in [4.69, 9.17) is 21.1 Å². The van der Waals surface area contributed by atoms with E-state index in [0.29, 0.717) is 31.4 Å². The molecule has 45 heavy (non-hydrogen) atoms. The fourth-order valence-corrected chi connectivity index (χ4v) is 7.48. The van der Waals surface area contributed by atoms with Gasteiger partial charge in [0, 0.05) is 51.2 Å². The molecule has 4 aliphatic heterocycles. The van der Waals surface area contributed by atoms with Crippen LogP contribution in [-0.2, 0) is 19.1 Å². The monoisotopic (exact) mass is 643 g/mol. The normalized spacial score (nSPS) is 28.2. The summed E-state index contributed by atoms with van der Waals surface area (Å²) in [4.78, 5) is 70.4. The van der Waals surface area contributed by atoms with E-state index in [1.165, 1.54) is 0 Å². The lowest BCUT2D eigenvalue weighted by Crippen LogP contribution is -2.59. The number of fused-ring (bicyclic) bond motifs is 1. The summed E-state index contributed by atoms with van der Waals surface area (Å²) in [6, 6.07) is 2.93. The first-order valence-electron chi connectivity index (χ1n) is 16.0. The van der Waals surface area contributed by atoms with E-state index in [-0.39, 0.29) is 53.3 Å². The minimum absolute atomic E-state index is 0.0631. The molecule has 1 saturated carbocycles. The Labute approximate surface area is 268 Å². The number of rotatable bonds is 5. The van der Waals surface area contributed by atoms with Gasteiger partial charge < -0.3 is 19.3 Å². The molecule has 12 nitrogen and oxygen atoms in total. The number of carbonyl (C=O) groups is 5. The van der Waals surface area contributed by atoms with Crippen molar-refractivity contribution in [2.24, 2.45) is 0 Å². The summed E-state index contributed by atoms with van der Waals surface area (Å²) < 4.78 is 11.9. The topological polar surface area (TPSA) is 129 Å². The predicted molar refractivity (Wildman–Crippen MR) is 165 cm³/mol. The molecule has 0 radical (unpaired) electrons. The molecule has 1 N–H and O–H groups in total. The smallest absolute Gasteiger partial charge is 0.410 e. The fourth-order valence-electron chi connectivity index (χ4n) is 7.12. The number of anilines is 1. The molecule has 0 aromatic heterocycles. The number of likely N-dealkylation sites (tertiary alicyclic amines) is 1. The number of hydrogen-bond acceptors (Lipinski definition) is 9. The van der Waals surface area contributed by atoms with Crippen molar-refractivity contribution >= 4 is 47.0 Å². The number of hydrogen-bond donors (Lipinski definition) is 1. The van der Waals surface area contributed by atoms with Gasteiger partial charge in [-0.3, -0.25) is 34.3 Å². The molecule has 0 spiro atoms. The van der Waals surface area contributed by atoms with Crippen LogP contribution in [0.3, 0.4) is 0 Å². The number of halogens is 1. The molecule has 1 unspecified atom stereocenters. The highest BCUT2D eigenvalue weighted by Gasteiger charge is 2.47. The van der Waals surface area contributed by atoms with Gasteiger partial charge in [0.15, 0.2) is 0 Å². The third kappa shape index (κ3) is 6.29. The van der Waals surface area contributed by atoms with Crippen LogP contribution in [0.2, 0.25) is 5.02 Å². The van der Waals surface area contributed by atoms with Crippen LogP contribution in [-0.4, -0.2) is 113 Å². The minimum Gasteiger partial charge on any atom is -0.444 e. The van der Waals surface area contributed by atoms with Crippen LogP contribution in [0.5, 0.6) is 0 Å². The van der Waals surface area contributed by atoms with Crippen LogP contribution in [0.1, 0.15) is 86.9 Å². The standard InChI is InChI=1S/C32H42ClN5O7/c1-18-17-36(19-15-21(16-19)44-20-9-11-35(12-10-20)31(43)45-32(2,3)4)13-14-37(18)23-6-5-22-26(27(23)33)30(42)38(29(22)41)24-7-8-25(39)34-28(24)40/h5-6,18-21,24H,7-17H2,1-4H3,(H,34,39,40)/t18-,19-,21-,24?/m1/s1. The second kappa shape index (κ2) is 12.2. The number of imide groups is 2. The molecule has 1 aromatic carbocycles. The quantitative estimate of drug-likeness (QED) is 0.481. The van der Waals surface area contributed by atoms with Crippen molar-refractivity contribution in [2.45, 2.75) is 102 Å². The van der Waals surface area contributed by atoms with E-state index in [1.807, 2.05) is 20.8 Å². The lowest BCUT2D eigenvalue weighted by atomic mass is 9.86. The van der Waals surface area contributed by atoms with Gasteiger partial charge in [-0.25, -0.2) is 4.79 Å². The predicted octanol–water partition coefficient (Wildman–Crippen LogP) is 3.20. The summed E-state index contributed by atoms with van der Waals surface area (Å²) in [7, 11) is 0. The Morgan fingerprint density at radius 3 is 2.31 bits per heavy atom. The molecule has 4 heterocycles. The third-order valence-electron chi connectivity index (χ3n) is 9.56. The minimum atomic E-state index is -1.03. The van der Waals surface area contributed by atoms with E-state index in [9.17, 15) is 24.0 Å². The number of piperazine rings is 1. The lowest BCUT2D eigenvalue weighted by Gasteiger charge is -2.50. The van der Waals surface area contributed by atoms with Crippen molar-refractivity contribution in [3.63, 3.8) is 0 Å². The second-order valence-electron chi connectivity index (χ2n) is 13.9. The van der Waals surface area contributed by atoms with E-state index in [1.54, 1.807) is 17.0 Å². The molecule has 0 bridgehead atoms. The van der Waals surface area contributed by atoms with Crippen LogP contribution in [0.4, 0.5) is 10.5 Å². The number of carbonyl (C=O) groups excluding carboxylic acids is 5. The average Bonchev–Trinajstić information content (AvgIpc) is 3.20. The molecule has 2 atom stereocenters. The first-order valence-corrected chi connectivity index (χ1v) is 16.4. The van der Waals surface area contributed by atoms with Gasteiger partial charge in [-0.05, 0) is 71.9 Å². The summed E-state index contributed by atoms with van der Waals surface area (Å²) in [5.41, 5.74) is 0.499. The number of nitrogens with one attached hydrogen (secondary N) is 1. The van der Waals surface area contributed by atoms with Crippen LogP contribution < -0.4 is 10.2 Å². The van der Waals surface area contributed by atoms with Gasteiger partial charge in [0.2, 0.25) is 11.8 Å². The summed E-state index contributed by atoms with van der Waals surface area (Å²) in [6.45, 7) is 11.4. The summed E-state index contributed by atoms with van der Waals surface area (Å²) in [6.07, 6.45) is 3.88. The lowest BCUT2D eigenvalue weighted by molar-refractivity contribution is -0.136. The Bertz CT molecular complexity index is 1400. The maximum absolute atomic E-state index is 13.4. The molecule has 5 amide bonds. The van der Waals surface area contributed by atoms with Gasteiger partial charge in [-0.1, -0.05) is 11.6 Å². The maximum Gasteiger partial charge on any atom is 0.410 e. The Kier molecular flexibility index (Phi) is 8.60. The Morgan fingerprint density at radius 1 is 0.956 bits per heavy atom. The van der Waals surface area contributed by atoms with Crippen molar-refractivity contribution in [1.82, 2.24) is 20.0 Å². The van der Waals surface area contributed by atoms with Crippen LogP contribution >= 0.6 is 11.6 Å². The molecule has 1 aliphatic carbocycles. The fraction of sp³-hybridized carbons (Fsp3) is 0.656. The number of ether oxygens (including phenoxy) is 2. The van der Waals surface area contributed by atoms with E-state index in [0.717, 1.165) is 43.7 Å². The van der Waals surface area contributed by atoms with Gasteiger partial charge in [-0.15, -0.1) is 0 Å². The Morgan fingerprint density at radius 2 is 1.67 bits per heavy atom. The molecule has 4 fully saturated rings. The highest BCUT2D eigenvalue weighted by atomic mass is 35.5. The van der Waals surface area contributed by atoms with Gasteiger partial charge in [0.1, 0.15) is 11.6 Å². The summed E-state index contributed by atoms with van der Waals surface area (Å²) in [5.74, 6) is -2.22. The number of nitrogens with zero attached hydrogens (tertiary/aromatic N) is 4. The molecule has 5 aliphatic rings. The molecule has 3 saturated heterocycles. The highest BCUT2D eigenvalue weighted by molar-refractivity contribution is 6.39. The summed E-state index contributed by atoms with van der Waals surface area (Å²) in [5, 5.41) is 2.44. The zero-order chi connectivity index (χ0) is 32.2. The number of piperidine rings is 2. The van der Waals surface area contributed by atoms with Gasteiger partial charge in [0.05, 0.1) is 34.0 Å². The van der Waals surface area contributed by atoms with Crippen molar-refractivity contribution in [1.29, 1.82) is 0 Å². The summed E-state index contributed by atoms with van der Waals surface area (Å²) >= 11 is 6.83. The first kappa shape index (κ1) is 31.7. The first-order chi connectivity index (χ1) is 21.3. The van der Waals surface area contributed by atoms with Crippen molar-refractivity contribution in [2.75, 3.05) is 37.6 Å². The zero-order valence-electron chi connectivity index (χ0n) is 26.3. The van der Waals surface area contributed by atoms with Gasteiger partial charge >= 0.3 is 6.09 Å². The second-order valence-corrected chi connectivity index (χ2v) is 14.2. The molecule has 1 aromatic rings. The van der Waals surface area contributed by atoms with E-state index >= 15 is 0 Å². The highest BCUT2D eigenvalue weighted by Crippen LogP contribution is 2.40. The Hall–Kier alpha value is -3.22. The van der Waals surface area contributed by atoms with Crippen molar-refractivity contribution < 1.29 is 33.4 Å². The zero-order valence-corrected chi connectivity index (χ0v) is 27.1. The average molecular weight is 644 g/mol. The van der Waals surface area contributed by atoms with E-state index in [2.05, 4.69) is 22.0 Å². The SMILES string of the molecule is C[C@@H]1CN([C@H]2C[C@H](OC3CCN(C(=O)OC(C)(C)C)CC3)C2)CCN1c1ccc2c(c1Cl)C(=O)N(C1CCC(=O)NC1=O)C2=O. The Balaban J connectivity index is 1.00. The maximum atomic E-state index is 13.4. The molecular weight excluding hydrogens is 602 g/mol. The number of benzene rings is 1. The van der Waals surface area contributed by atoms with Crippen LogP contribution in [0.15, 0.2) is 12.1 Å². The third-order valence-corrected chi connectivity index (χ3v) is 9.94. The largest absolute Gasteiger partial charge is 0.444 e. The molecule has 244 valence electrons. The number of amides is 5. The van der Waals surface area contributed by atoms with Gasteiger partial charge in [0.25, 0.3) is 11.8 Å². The van der Waals surface area contributed by atoms with Crippen molar-refractivity contribution in [3.05, 3.63) is 28.3 Å². The molecule has 13 heteroatoms.